The molecule has 1 aromatic carbocycles. The number of hydrogen-bond donors (Lipinski definition) is 0. The van der Waals surface area contributed by atoms with E-state index in [4.69, 9.17) is 0 Å². The van der Waals surface area contributed by atoms with Gasteiger partial charge in [0.05, 0.1) is 17.7 Å². The number of Topliss-reactive ketones (excluding diaryl/α,β-unsaturated/α-hetero) is 1. The zero-order chi connectivity index (χ0) is 16.3. The van der Waals surface area contributed by atoms with Gasteiger partial charge in [0.15, 0.2) is 5.78 Å². The van der Waals surface area contributed by atoms with E-state index < -0.39 is 0 Å². The van der Waals surface area contributed by atoms with Crippen molar-refractivity contribution in [2.75, 3.05) is 13.1 Å². The molecule has 2 saturated carbocycles. The lowest BCUT2D eigenvalue weighted by atomic mass is 9.58. The highest BCUT2D eigenvalue weighted by Crippen LogP contribution is 2.56. The lowest BCUT2D eigenvalue weighted by Gasteiger charge is -2.44. The van der Waals surface area contributed by atoms with Gasteiger partial charge >= 0.3 is 0 Å². The van der Waals surface area contributed by atoms with E-state index in [0.717, 1.165) is 24.6 Å². The van der Waals surface area contributed by atoms with Gasteiger partial charge in [-0.15, -0.1) is 0 Å². The van der Waals surface area contributed by atoms with E-state index in [1.165, 1.54) is 50.5 Å². The number of hydrogen-bond acceptors (Lipinski definition) is 3. The largest absolute Gasteiger partial charge is 0.292 e. The minimum Gasteiger partial charge on any atom is -0.292 e. The molecule has 3 unspecified atom stereocenters. The number of rotatable bonds is 2. The summed E-state index contributed by atoms with van der Waals surface area (Å²) in [5.41, 5.74) is 2.94. The monoisotopic (exact) mass is 320 g/mol. The number of carbonyl (C=O) groups is 1. The van der Waals surface area contributed by atoms with Gasteiger partial charge in [0.1, 0.15) is 0 Å². The summed E-state index contributed by atoms with van der Waals surface area (Å²) in [5, 5.41) is 9.33. The summed E-state index contributed by atoms with van der Waals surface area (Å²) in [6.45, 7) is 2.14. The maximum atomic E-state index is 13.3. The molecule has 124 valence electrons. The summed E-state index contributed by atoms with van der Waals surface area (Å²) < 4.78 is 0. The number of ketones is 1. The van der Waals surface area contributed by atoms with Crippen LogP contribution in [0.5, 0.6) is 0 Å². The second kappa shape index (κ2) is 5.17. The van der Waals surface area contributed by atoms with Crippen LogP contribution in [0, 0.1) is 23.2 Å². The zero-order valence-electron chi connectivity index (χ0n) is 14.1. The van der Waals surface area contributed by atoms with Gasteiger partial charge in [-0.05, 0) is 61.3 Å². The van der Waals surface area contributed by atoms with Crippen molar-refractivity contribution in [3.8, 4) is 6.07 Å². The van der Waals surface area contributed by atoms with E-state index in [0.29, 0.717) is 17.3 Å². The third-order valence-corrected chi connectivity index (χ3v) is 7.29. The molecule has 1 saturated heterocycles. The number of likely N-dealkylation sites (tertiary alicyclic amines) is 1. The average molecular weight is 320 g/mol. The zero-order valence-corrected chi connectivity index (χ0v) is 14.1. The molecule has 3 fully saturated rings. The second-order valence-corrected chi connectivity index (χ2v) is 8.42. The Hall–Kier alpha value is -1.66. The highest BCUT2D eigenvalue weighted by atomic mass is 16.1. The van der Waals surface area contributed by atoms with E-state index in [2.05, 4.69) is 11.0 Å². The lowest BCUT2D eigenvalue weighted by molar-refractivity contribution is 0.0747. The molecule has 0 spiro atoms. The van der Waals surface area contributed by atoms with Crippen LogP contribution >= 0.6 is 0 Å². The normalized spacial score (nSPS) is 35.0. The minimum atomic E-state index is 0.103. The van der Waals surface area contributed by atoms with Gasteiger partial charge < -0.3 is 0 Å². The van der Waals surface area contributed by atoms with Crippen LogP contribution in [0.3, 0.4) is 0 Å². The minimum absolute atomic E-state index is 0.103. The summed E-state index contributed by atoms with van der Waals surface area (Å²) >= 11 is 0. The highest BCUT2D eigenvalue weighted by Gasteiger charge is 2.60. The predicted octanol–water partition coefficient (Wildman–Crippen LogP) is 3.67. The summed E-state index contributed by atoms with van der Waals surface area (Å²) in [7, 11) is 0. The van der Waals surface area contributed by atoms with Crippen molar-refractivity contribution in [1.82, 2.24) is 4.90 Å². The Balaban J connectivity index is 1.62. The molecule has 1 heterocycles. The number of nitriles is 1. The molecule has 5 rings (SSSR count). The first-order chi connectivity index (χ1) is 11.7. The van der Waals surface area contributed by atoms with Crippen molar-refractivity contribution in [3.63, 3.8) is 0 Å². The van der Waals surface area contributed by atoms with E-state index in [1.807, 2.05) is 18.2 Å². The number of fused-ring (bicyclic) bond motifs is 1. The van der Waals surface area contributed by atoms with Gasteiger partial charge in [-0.3, -0.25) is 9.69 Å². The fraction of sp³-hybridized carbons (Fsp3) is 0.619. The first-order valence-corrected chi connectivity index (χ1v) is 9.56. The summed E-state index contributed by atoms with van der Waals surface area (Å²) in [6, 6.07) is 8.18. The molecule has 3 heteroatoms. The Kier molecular flexibility index (Phi) is 3.16. The van der Waals surface area contributed by atoms with Crippen LogP contribution in [0.15, 0.2) is 18.2 Å². The third kappa shape index (κ3) is 1.84. The number of carbonyl (C=O) groups excluding carboxylic acids is 1. The van der Waals surface area contributed by atoms with Crippen molar-refractivity contribution in [2.45, 2.75) is 56.4 Å². The van der Waals surface area contributed by atoms with Crippen molar-refractivity contribution in [2.24, 2.45) is 11.8 Å². The predicted molar refractivity (Wildman–Crippen MR) is 91.8 cm³/mol. The van der Waals surface area contributed by atoms with Crippen LogP contribution in [0.2, 0.25) is 0 Å². The van der Waals surface area contributed by atoms with Crippen LogP contribution in [-0.2, 0) is 5.41 Å². The first kappa shape index (κ1) is 14.7. The van der Waals surface area contributed by atoms with Crippen LogP contribution in [0.1, 0.15) is 66.4 Å². The second-order valence-electron chi connectivity index (χ2n) is 8.42. The summed E-state index contributed by atoms with van der Waals surface area (Å²) in [4.78, 5) is 15.8. The molecule has 4 aliphatic rings. The van der Waals surface area contributed by atoms with E-state index in [1.54, 1.807) is 0 Å². The smallest absolute Gasteiger partial charge is 0.180 e. The first-order valence-electron chi connectivity index (χ1n) is 9.56. The van der Waals surface area contributed by atoms with Crippen LogP contribution < -0.4 is 0 Å². The Bertz CT molecular complexity index is 745. The fourth-order valence-corrected chi connectivity index (χ4v) is 5.99. The van der Waals surface area contributed by atoms with Gasteiger partial charge in [0, 0.05) is 24.1 Å². The Morgan fingerprint density at radius 1 is 1.21 bits per heavy atom. The molecule has 24 heavy (non-hydrogen) atoms. The standard InChI is InChI=1S/C21H24N2O/c22-11-15-7-8-16-18(10-15)21-9-2-1-6-17(21)19(20(16)24)23(13-21)12-14-4-3-5-14/h7-8,10,14,17,19H,1-6,9,12-13H2. The molecule has 1 aliphatic heterocycles. The van der Waals surface area contributed by atoms with Crippen molar-refractivity contribution in [1.29, 1.82) is 5.26 Å². The van der Waals surface area contributed by atoms with E-state index >= 15 is 0 Å². The number of nitrogens with zero attached hydrogens (tertiary/aromatic N) is 2. The molecule has 3 aliphatic carbocycles. The summed E-state index contributed by atoms with van der Waals surface area (Å²) in [5.74, 6) is 1.60. The molecule has 0 amide bonds. The summed E-state index contributed by atoms with van der Waals surface area (Å²) in [6.07, 6.45) is 8.89. The quantitative estimate of drug-likeness (QED) is 0.835. The molecule has 1 aromatic rings. The Morgan fingerprint density at radius 3 is 2.83 bits per heavy atom. The topological polar surface area (TPSA) is 44.1 Å². The lowest BCUT2D eigenvalue weighted by Crippen LogP contribution is -2.48. The Morgan fingerprint density at radius 2 is 2.08 bits per heavy atom. The molecular formula is C21H24N2O. The average Bonchev–Trinajstić information content (AvgIpc) is 2.87. The van der Waals surface area contributed by atoms with Crippen LogP contribution in [-0.4, -0.2) is 29.8 Å². The highest BCUT2D eigenvalue weighted by molar-refractivity contribution is 6.04. The van der Waals surface area contributed by atoms with E-state index in [-0.39, 0.29) is 11.5 Å². The molecule has 2 bridgehead atoms. The molecule has 3 nitrogen and oxygen atoms in total. The fourth-order valence-electron chi connectivity index (χ4n) is 5.99. The maximum absolute atomic E-state index is 13.3. The van der Waals surface area contributed by atoms with Crippen molar-refractivity contribution in [3.05, 3.63) is 34.9 Å². The van der Waals surface area contributed by atoms with Crippen molar-refractivity contribution >= 4 is 5.78 Å². The molecule has 0 N–H and O–H groups in total. The van der Waals surface area contributed by atoms with Crippen LogP contribution in [0.4, 0.5) is 0 Å². The van der Waals surface area contributed by atoms with Gasteiger partial charge in [-0.2, -0.15) is 5.26 Å². The third-order valence-electron chi connectivity index (χ3n) is 7.29. The number of benzene rings is 1. The Labute approximate surface area is 143 Å². The maximum Gasteiger partial charge on any atom is 0.180 e. The van der Waals surface area contributed by atoms with E-state index in [9.17, 15) is 10.1 Å². The molecule has 0 radical (unpaired) electrons. The molecule has 0 aromatic heterocycles. The SMILES string of the molecule is N#Cc1ccc2c(c1)C13CCCCC1C(C2=O)N(CC1CCC1)C3. The molecule has 3 atom stereocenters. The van der Waals surface area contributed by atoms with Gasteiger partial charge in [0.25, 0.3) is 0 Å². The molecular weight excluding hydrogens is 296 g/mol. The van der Waals surface area contributed by atoms with Crippen LogP contribution in [0.25, 0.3) is 0 Å². The van der Waals surface area contributed by atoms with Gasteiger partial charge in [-0.1, -0.05) is 19.3 Å². The van der Waals surface area contributed by atoms with Crippen molar-refractivity contribution < 1.29 is 4.79 Å². The van der Waals surface area contributed by atoms with Gasteiger partial charge in [0.2, 0.25) is 0 Å². The van der Waals surface area contributed by atoms with Gasteiger partial charge in [-0.25, -0.2) is 0 Å².